The van der Waals surface area contributed by atoms with E-state index in [4.69, 9.17) is 5.73 Å². The first-order chi connectivity index (χ1) is 11.0. The number of unbranched alkanes of at least 4 members (excludes halogenated alkanes) is 1. The fourth-order valence-corrected chi connectivity index (χ4v) is 2.79. The lowest BCUT2D eigenvalue weighted by Gasteiger charge is -2.21. The molecule has 0 spiro atoms. The molecule has 0 radical (unpaired) electrons. The number of nitrogens with one attached hydrogen (secondary N) is 1. The minimum absolute atomic E-state index is 0.0463. The van der Waals surface area contributed by atoms with E-state index in [9.17, 15) is 14.4 Å². The van der Waals surface area contributed by atoms with Crippen LogP contribution < -0.4 is 21.9 Å². The third kappa shape index (κ3) is 3.72. The second kappa shape index (κ2) is 7.30. The van der Waals surface area contributed by atoms with Crippen molar-refractivity contribution in [3.8, 4) is 0 Å². The number of aromatic amines is 1. The van der Waals surface area contributed by atoms with Crippen LogP contribution in [0.3, 0.4) is 0 Å². The third-order valence-corrected chi connectivity index (χ3v) is 4.21. The lowest BCUT2D eigenvalue weighted by Crippen LogP contribution is -2.39. The first-order valence-corrected chi connectivity index (χ1v) is 8.01. The number of allylic oxidation sites excluding steroid dienone is 2. The predicted molar refractivity (Wildman–Crippen MR) is 90.5 cm³/mol. The Bertz CT molecular complexity index is 717. The molecule has 3 N–H and O–H groups in total. The van der Waals surface area contributed by atoms with E-state index < -0.39 is 11.2 Å². The molecule has 0 saturated heterocycles. The zero-order valence-electron chi connectivity index (χ0n) is 13.7. The molecule has 2 rings (SSSR count). The maximum atomic E-state index is 12.4. The van der Waals surface area contributed by atoms with Gasteiger partial charge in [-0.2, -0.15) is 0 Å². The summed E-state index contributed by atoms with van der Waals surface area (Å²) < 4.78 is 1.32. The molecule has 0 aliphatic heterocycles. The monoisotopic (exact) mass is 320 g/mol. The Kier molecular flexibility index (Phi) is 5.41. The van der Waals surface area contributed by atoms with Gasteiger partial charge < -0.3 is 10.6 Å². The van der Waals surface area contributed by atoms with Crippen LogP contribution in [0.25, 0.3) is 0 Å². The predicted octanol–water partition coefficient (Wildman–Crippen LogP) is 1.24. The topological polar surface area (TPSA) is 101 Å². The zero-order valence-corrected chi connectivity index (χ0v) is 13.7. The molecule has 7 heteroatoms. The van der Waals surface area contributed by atoms with Crippen LogP contribution in [-0.2, 0) is 11.3 Å². The molecule has 1 aliphatic rings. The van der Waals surface area contributed by atoms with Gasteiger partial charge in [0.05, 0.1) is 0 Å². The number of carbonyl (C=O) groups is 1. The summed E-state index contributed by atoms with van der Waals surface area (Å²) in [4.78, 5) is 39.9. The zero-order chi connectivity index (χ0) is 17.0. The molecule has 7 nitrogen and oxygen atoms in total. The number of hydrogen-bond donors (Lipinski definition) is 2. The number of carbonyl (C=O) groups excluding carboxylic acids is 1. The van der Waals surface area contributed by atoms with E-state index >= 15 is 0 Å². The summed E-state index contributed by atoms with van der Waals surface area (Å²) in [6.45, 7) is 2.41. The lowest BCUT2D eigenvalue weighted by atomic mass is 10.0. The summed E-state index contributed by atoms with van der Waals surface area (Å²) in [5.41, 5.74) is 4.89. The second-order valence-corrected chi connectivity index (χ2v) is 5.92. The molecule has 0 aromatic carbocycles. The van der Waals surface area contributed by atoms with Gasteiger partial charge in [0.1, 0.15) is 5.82 Å². The molecule has 0 bridgehead atoms. The Labute approximate surface area is 134 Å². The Morgan fingerprint density at radius 3 is 2.83 bits per heavy atom. The normalized spacial score (nSPS) is 16.7. The van der Waals surface area contributed by atoms with E-state index in [-0.39, 0.29) is 23.3 Å². The number of hydrogen-bond acceptors (Lipinski definition) is 4. The summed E-state index contributed by atoms with van der Waals surface area (Å²) in [6, 6.07) is 0. The molecule has 1 aromatic rings. The standard InChI is InChI=1S/C16H24N4O3/c1-3-4-9-20-14(17)13(15(22)18-16(20)23)19(2)12(21)10-11-7-5-6-8-11/h5,7,11H,3-4,6,8-10,17H2,1-2H3,(H,18,22,23)/t11-/m0/s1. The van der Waals surface area contributed by atoms with E-state index in [1.807, 2.05) is 13.0 Å². The number of nitrogens with two attached hydrogens (primary N) is 1. The van der Waals surface area contributed by atoms with E-state index in [1.54, 1.807) is 0 Å². The van der Waals surface area contributed by atoms with Gasteiger partial charge >= 0.3 is 5.69 Å². The minimum Gasteiger partial charge on any atom is -0.383 e. The first-order valence-electron chi connectivity index (χ1n) is 8.01. The average Bonchev–Trinajstić information content (AvgIpc) is 2.99. The van der Waals surface area contributed by atoms with Gasteiger partial charge in [-0.1, -0.05) is 25.5 Å². The molecule has 1 aliphatic carbocycles. The quantitative estimate of drug-likeness (QED) is 0.770. The van der Waals surface area contributed by atoms with Crippen LogP contribution in [0.15, 0.2) is 21.7 Å². The van der Waals surface area contributed by atoms with Crippen LogP contribution in [0.5, 0.6) is 0 Å². The van der Waals surface area contributed by atoms with Crippen molar-refractivity contribution >= 4 is 17.4 Å². The van der Waals surface area contributed by atoms with Crippen LogP contribution in [-0.4, -0.2) is 22.5 Å². The largest absolute Gasteiger partial charge is 0.383 e. The fraction of sp³-hybridized carbons (Fsp3) is 0.562. The fourth-order valence-electron chi connectivity index (χ4n) is 2.79. The highest BCUT2D eigenvalue weighted by atomic mass is 16.2. The van der Waals surface area contributed by atoms with Gasteiger partial charge in [-0.25, -0.2) is 4.79 Å². The van der Waals surface area contributed by atoms with Crippen molar-refractivity contribution in [3.63, 3.8) is 0 Å². The molecule has 0 saturated carbocycles. The van der Waals surface area contributed by atoms with Crippen LogP contribution in [0.1, 0.15) is 39.0 Å². The highest BCUT2D eigenvalue weighted by molar-refractivity contribution is 5.95. The summed E-state index contributed by atoms with van der Waals surface area (Å²) in [5, 5.41) is 0. The maximum Gasteiger partial charge on any atom is 0.330 e. The van der Waals surface area contributed by atoms with Gasteiger partial charge in [0.25, 0.3) is 5.56 Å². The number of anilines is 2. The number of aromatic nitrogens is 2. The van der Waals surface area contributed by atoms with Crippen molar-refractivity contribution in [2.45, 2.75) is 45.6 Å². The smallest absolute Gasteiger partial charge is 0.330 e. The van der Waals surface area contributed by atoms with Gasteiger partial charge in [-0.15, -0.1) is 0 Å². The van der Waals surface area contributed by atoms with Gasteiger partial charge in [0.2, 0.25) is 5.91 Å². The Morgan fingerprint density at radius 1 is 1.48 bits per heavy atom. The lowest BCUT2D eigenvalue weighted by molar-refractivity contribution is -0.118. The van der Waals surface area contributed by atoms with Crippen molar-refractivity contribution in [1.82, 2.24) is 9.55 Å². The van der Waals surface area contributed by atoms with Crippen molar-refractivity contribution in [3.05, 3.63) is 33.0 Å². The first kappa shape index (κ1) is 17.1. The Hall–Kier alpha value is -2.31. The second-order valence-electron chi connectivity index (χ2n) is 5.92. The molecule has 23 heavy (non-hydrogen) atoms. The highest BCUT2D eigenvalue weighted by Crippen LogP contribution is 2.23. The number of rotatable bonds is 6. The number of nitrogens with zero attached hydrogens (tertiary/aromatic N) is 2. The van der Waals surface area contributed by atoms with Crippen LogP contribution >= 0.6 is 0 Å². The molecular weight excluding hydrogens is 296 g/mol. The van der Waals surface area contributed by atoms with Gasteiger partial charge in [-0.05, 0) is 25.2 Å². The Balaban J connectivity index is 2.29. The summed E-state index contributed by atoms with van der Waals surface area (Å²) in [6.07, 6.45) is 8.00. The molecule has 126 valence electrons. The minimum atomic E-state index is -0.627. The highest BCUT2D eigenvalue weighted by Gasteiger charge is 2.23. The SMILES string of the molecule is CCCCn1c(N)c(N(C)C(=O)C[C@H]2C=CCC2)c(=O)[nH]c1=O. The average molecular weight is 320 g/mol. The molecule has 0 unspecified atom stereocenters. The van der Waals surface area contributed by atoms with E-state index in [2.05, 4.69) is 11.1 Å². The van der Waals surface area contributed by atoms with E-state index in [0.29, 0.717) is 13.0 Å². The number of nitrogen functional groups attached to an aromatic ring is 1. The van der Waals surface area contributed by atoms with Crippen molar-refractivity contribution in [1.29, 1.82) is 0 Å². The number of amides is 1. The van der Waals surface area contributed by atoms with E-state index in [1.165, 1.54) is 16.5 Å². The molecule has 1 heterocycles. The van der Waals surface area contributed by atoms with Crippen LogP contribution in [0, 0.1) is 5.92 Å². The van der Waals surface area contributed by atoms with Gasteiger partial charge in [-0.3, -0.25) is 19.1 Å². The summed E-state index contributed by atoms with van der Waals surface area (Å²) in [5.74, 6) is 0.0701. The molecular formula is C16H24N4O3. The van der Waals surface area contributed by atoms with Crippen LogP contribution in [0.2, 0.25) is 0 Å². The van der Waals surface area contributed by atoms with Crippen molar-refractivity contribution in [2.75, 3.05) is 17.7 Å². The van der Waals surface area contributed by atoms with Crippen molar-refractivity contribution in [2.24, 2.45) is 5.92 Å². The van der Waals surface area contributed by atoms with Gasteiger partial charge in [0.15, 0.2) is 5.69 Å². The molecule has 1 aromatic heterocycles. The van der Waals surface area contributed by atoms with Crippen molar-refractivity contribution < 1.29 is 4.79 Å². The Morgan fingerprint density at radius 2 is 2.22 bits per heavy atom. The maximum absolute atomic E-state index is 12.4. The third-order valence-electron chi connectivity index (χ3n) is 4.21. The molecule has 1 atom stereocenters. The van der Waals surface area contributed by atoms with E-state index in [0.717, 1.165) is 25.7 Å². The van der Waals surface area contributed by atoms with Crippen LogP contribution in [0.4, 0.5) is 11.5 Å². The summed E-state index contributed by atoms with van der Waals surface area (Å²) in [7, 11) is 1.52. The van der Waals surface area contributed by atoms with Gasteiger partial charge in [0, 0.05) is 20.0 Å². The number of H-pyrrole nitrogens is 1. The molecule has 0 fully saturated rings. The summed E-state index contributed by atoms with van der Waals surface area (Å²) >= 11 is 0. The molecule has 1 amide bonds.